The van der Waals surface area contributed by atoms with Gasteiger partial charge in [0.15, 0.2) is 0 Å². The minimum atomic E-state index is -0.227. The zero-order chi connectivity index (χ0) is 18.5. The van der Waals surface area contributed by atoms with Crippen molar-refractivity contribution in [3.63, 3.8) is 0 Å². The number of hydrogen-bond acceptors (Lipinski definition) is 4. The van der Waals surface area contributed by atoms with Crippen LogP contribution >= 0.6 is 0 Å². The molecular formula is C19H26N4O3. The van der Waals surface area contributed by atoms with Gasteiger partial charge < -0.3 is 21.3 Å². The molecule has 7 heteroatoms. The first-order valence-electron chi connectivity index (χ1n) is 9.27. The summed E-state index contributed by atoms with van der Waals surface area (Å²) in [6, 6.07) is 7.28. The molecule has 0 saturated heterocycles. The molecule has 1 aliphatic heterocycles. The summed E-state index contributed by atoms with van der Waals surface area (Å²) >= 11 is 0. The fourth-order valence-corrected chi connectivity index (χ4v) is 3.77. The summed E-state index contributed by atoms with van der Waals surface area (Å²) in [5, 5.41) is 5.79. The Morgan fingerprint density at radius 1 is 1.19 bits per heavy atom. The van der Waals surface area contributed by atoms with Crippen LogP contribution in [0.2, 0.25) is 0 Å². The Balaban J connectivity index is 1.55. The molecule has 0 bridgehead atoms. The van der Waals surface area contributed by atoms with E-state index in [4.69, 9.17) is 5.73 Å². The molecule has 0 radical (unpaired) electrons. The summed E-state index contributed by atoms with van der Waals surface area (Å²) in [5.74, 6) is -0.254. The van der Waals surface area contributed by atoms with Crippen molar-refractivity contribution in [2.24, 2.45) is 11.7 Å². The van der Waals surface area contributed by atoms with E-state index in [-0.39, 0.29) is 43.1 Å². The molecule has 1 saturated carbocycles. The van der Waals surface area contributed by atoms with Gasteiger partial charge in [-0.3, -0.25) is 14.4 Å². The number of rotatable bonds is 5. The molecule has 0 aromatic heterocycles. The smallest absolute Gasteiger partial charge is 0.244 e. The molecule has 2 unspecified atom stereocenters. The summed E-state index contributed by atoms with van der Waals surface area (Å²) < 4.78 is 0. The number of para-hydroxylation sites is 2. The zero-order valence-corrected chi connectivity index (χ0v) is 14.9. The number of carbonyl (C=O) groups excluding carboxylic acids is 3. The highest BCUT2D eigenvalue weighted by Gasteiger charge is 2.28. The lowest BCUT2D eigenvalue weighted by atomic mass is 9.84. The minimum absolute atomic E-state index is 0.0185. The molecule has 1 aromatic rings. The van der Waals surface area contributed by atoms with E-state index in [1.54, 1.807) is 18.2 Å². The highest BCUT2D eigenvalue weighted by atomic mass is 16.2. The summed E-state index contributed by atoms with van der Waals surface area (Å²) in [7, 11) is 0. The van der Waals surface area contributed by atoms with Crippen LogP contribution in [0.15, 0.2) is 24.3 Å². The molecule has 2 atom stereocenters. The van der Waals surface area contributed by atoms with E-state index < -0.39 is 0 Å². The number of nitrogens with two attached hydrogens (primary N) is 1. The van der Waals surface area contributed by atoms with Gasteiger partial charge in [-0.1, -0.05) is 25.0 Å². The van der Waals surface area contributed by atoms with Gasteiger partial charge in [0.1, 0.15) is 6.54 Å². The molecule has 4 N–H and O–H groups in total. The number of hydrogen-bond donors (Lipinski definition) is 3. The molecule has 26 heavy (non-hydrogen) atoms. The number of carbonyl (C=O) groups is 3. The van der Waals surface area contributed by atoms with Crippen molar-refractivity contribution in [2.45, 2.75) is 44.6 Å². The summed E-state index contributed by atoms with van der Waals surface area (Å²) in [6.45, 7) is 0.554. The van der Waals surface area contributed by atoms with Crippen LogP contribution in [0.3, 0.4) is 0 Å². The summed E-state index contributed by atoms with van der Waals surface area (Å²) in [4.78, 5) is 38.1. The van der Waals surface area contributed by atoms with Gasteiger partial charge in [-0.25, -0.2) is 0 Å². The van der Waals surface area contributed by atoms with Crippen LogP contribution in [0.25, 0.3) is 0 Å². The monoisotopic (exact) mass is 358 g/mol. The van der Waals surface area contributed by atoms with Gasteiger partial charge in [0, 0.05) is 18.9 Å². The van der Waals surface area contributed by atoms with Crippen LogP contribution in [-0.2, 0) is 14.4 Å². The number of anilines is 2. The van der Waals surface area contributed by atoms with Crippen LogP contribution in [0.1, 0.15) is 38.5 Å². The largest absolute Gasteiger partial charge is 0.353 e. The lowest BCUT2D eigenvalue weighted by molar-refractivity contribution is -0.126. The third-order valence-corrected chi connectivity index (χ3v) is 5.20. The van der Waals surface area contributed by atoms with Gasteiger partial charge in [-0.15, -0.1) is 0 Å². The van der Waals surface area contributed by atoms with Crippen LogP contribution < -0.4 is 21.3 Å². The topological polar surface area (TPSA) is 105 Å². The average molecular weight is 358 g/mol. The normalized spacial score (nSPS) is 22.3. The van der Waals surface area contributed by atoms with Crippen LogP contribution in [-0.4, -0.2) is 36.9 Å². The number of amides is 3. The van der Waals surface area contributed by atoms with Crippen molar-refractivity contribution in [3.05, 3.63) is 24.3 Å². The molecule has 2 aliphatic rings. The Morgan fingerprint density at radius 2 is 1.96 bits per heavy atom. The predicted molar refractivity (Wildman–Crippen MR) is 99.6 cm³/mol. The van der Waals surface area contributed by atoms with Gasteiger partial charge >= 0.3 is 0 Å². The second-order valence-corrected chi connectivity index (χ2v) is 7.00. The van der Waals surface area contributed by atoms with Crippen molar-refractivity contribution < 1.29 is 14.4 Å². The molecule has 1 heterocycles. The number of nitrogens with zero attached hydrogens (tertiary/aromatic N) is 1. The Morgan fingerprint density at radius 3 is 2.77 bits per heavy atom. The van der Waals surface area contributed by atoms with Crippen LogP contribution in [0, 0.1) is 5.92 Å². The fraction of sp³-hybridized carbons (Fsp3) is 0.526. The first-order chi connectivity index (χ1) is 12.6. The predicted octanol–water partition coefficient (Wildman–Crippen LogP) is 1.39. The van der Waals surface area contributed by atoms with Gasteiger partial charge in [-0.2, -0.15) is 0 Å². The number of nitrogens with one attached hydrogen (secondary N) is 2. The van der Waals surface area contributed by atoms with Gasteiger partial charge in [0.05, 0.1) is 11.4 Å². The van der Waals surface area contributed by atoms with Gasteiger partial charge in [0.25, 0.3) is 0 Å². The first kappa shape index (κ1) is 18.4. The molecule has 0 spiro atoms. The lowest BCUT2D eigenvalue weighted by Gasteiger charge is -2.31. The standard InChI is InChI=1S/C19H26N4O3/c20-11-13-5-1-2-6-14(13)21-17(24)9-10-19(26)23-12-18(25)22-15-7-3-4-8-16(15)23/h3-4,7-8,13-14H,1-2,5-6,9-12,20H2,(H,21,24)(H,22,25). The highest BCUT2D eigenvalue weighted by Crippen LogP contribution is 2.29. The van der Waals surface area contributed by atoms with E-state index in [0.717, 1.165) is 25.7 Å². The van der Waals surface area contributed by atoms with Gasteiger partial charge in [-0.05, 0) is 37.4 Å². The van der Waals surface area contributed by atoms with Crippen LogP contribution in [0.5, 0.6) is 0 Å². The summed E-state index contributed by atoms with van der Waals surface area (Å²) in [5.41, 5.74) is 7.09. The quantitative estimate of drug-likeness (QED) is 0.740. The number of benzene rings is 1. The highest BCUT2D eigenvalue weighted by molar-refractivity contribution is 6.10. The second-order valence-electron chi connectivity index (χ2n) is 7.00. The van der Waals surface area contributed by atoms with Crippen molar-refractivity contribution in [2.75, 3.05) is 23.3 Å². The fourth-order valence-electron chi connectivity index (χ4n) is 3.77. The van der Waals surface area contributed by atoms with Crippen molar-refractivity contribution in [1.29, 1.82) is 0 Å². The van der Waals surface area contributed by atoms with Crippen molar-refractivity contribution in [1.82, 2.24) is 5.32 Å². The molecule has 3 amide bonds. The Labute approximate surface area is 153 Å². The Hall–Kier alpha value is -2.41. The lowest BCUT2D eigenvalue weighted by Crippen LogP contribution is -2.45. The van der Waals surface area contributed by atoms with Crippen molar-refractivity contribution in [3.8, 4) is 0 Å². The second kappa shape index (κ2) is 8.31. The van der Waals surface area contributed by atoms with Crippen molar-refractivity contribution >= 4 is 29.1 Å². The van der Waals surface area contributed by atoms with Crippen LogP contribution in [0.4, 0.5) is 11.4 Å². The van der Waals surface area contributed by atoms with E-state index in [1.165, 1.54) is 4.90 Å². The average Bonchev–Trinajstić information content (AvgIpc) is 2.65. The SMILES string of the molecule is NCC1CCCCC1NC(=O)CCC(=O)N1CC(=O)Nc2ccccc21. The first-order valence-corrected chi connectivity index (χ1v) is 9.27. The zero-order valence-electron chi connectivity index (χ0n) is 14.9. The minimum Gasteiger partial charge on any atom is -0.353 e. The third kappa shape index (κ3) is 4.22. The maximum atomic E-state index is 12.6. The molecule has 3 rings (SSSR count). The van der Waals surface area contributed by atoms with E-state index >= 15 is 0 Å². The van der Waals surface area contributed by atoms with Gasteiger partial charge in [0.2, 0.25) is 17.7 Å². The Bertz CT molecular complexity index is 691. The maximum Gasteiger partial charge on any atom is 0.244 e. The molecule has 1 aliphatic carbocycles. The van der Waals surface area contributed by atoms with E-state index in [1.807, 2.05) is 6.07 Å². The molecular weight excluding hydrogens is 332 g/mol. The maximum absolute atomic E-state index is 12.6. The summed E-state index contributed by atoms with van der Waals surface area (Å²) in [6.07, 6.45) is 4.44. The van der Waals surface area contributed by atoms with E-state index in [2.05, 4.69) is 10.6 Å². The molecule has 140 valence electrons. The number of fused-ring (bicyclic) bond motifs is 1. The Kier molecular flexibility index (Phi) is 5.88. The van der Waals surface area contributed by atoms with E-state index in [9.17, 15) is 14.4 Å². The molecule has 7 nitrogen and oxygen atoms in total. The van der Waals surface area contributed by atoms with E-state index in [0.29, 0.717) is 23.8 Å². The third-order valence-electron chi connectivity index (χ3n) is 5.20. The molecule has 1 fully saturated rings. The molecule has 1 aromatic carbocycles.